The lowest BCUT2D eigenvalue weighted by Crippen LogP contribution is -2.35. The molecule has 2 atom stereocenters. The molecule has 1 aliphatic rings. The van der Waals surface area contributed by atoms with Crippen molar-refractivity contribution in [3.63, 3.8) is 0 Å². The molecule has 1 aliphatic heterocycles. The van der Waals surface area contributed by atoms with Crippen LogP contribution in [-0.2, 0) is 4.74 Å². The van der Waals surface area contributed by atoms with Crippen molar-refractivity contribution in [1.82, 2.24) is 4.98 Å². The molecule has 2 unspecified atom stereocenters. The Morgan fingerprint density at radius 1 is 1.24 bits per heavy atom. The van der Waals surface area contributed by atoms with Crippen molar-refractivity contribution in [2.45, 2.75) is 45.0 Å². The molecule has 5 heteroatoms. The summed E-state index contributed by atoms with van der Waals surface area (Å²) in [6.45, 7) is 4.10. The van der Waals surface area contributed by atoms with E-state index in [2.05, 4.69) is 18.8 Å². The summed E-state index contributed by atoms with van der Waals surface area (Å²) >= 11 is 0. The quantitative estimate of drug-likeness (QED) is 0.816. The van der Waals surface area contributed by atoms with Crippen LogP contribution < -0.4 is 16.2 Å². The number of nitrogens with two attached hydrogens (primary N) is 2. The van der Waals surface area contributed by atoms with Crippen molar-refractivity contribution < 1.29 is 9.47 Å². The van der Waals surface area contributed by atoms with E-state index in [0.29, 0.717) is 17.4 Å². The third kappa shape index (κ3) is 3.00. The highest BCUT2D eigenvalue weighted by atomic mass is 16.5. The van der Waals surface area contributed by atoms with Crippen LogP contribution in [0.3, 0.4) is 0 Å². The molecule has 1 fully saturated rings. The molecule has 0 aliphatic carbocycles. The highest BCUT2D eigenvalue weighted by Crippen LogP contribution is 2.24. The zero-order valence-corrected chi connectivity index (χ0v) is 10.2. The van der Waals surface area contributed by atoms with Gasteiger partial charge in [-0.05, 0) is 19.9 Å². The van der Waals surface area contributed by atoms with Crippen LogP contribution in [0.25, 0.3) is 0 Å². The maximum Gasteiger partial charge on any atom is 0.215 e. The summed E-state index contributed by atoms with van der Waals surface area (Å²) in [7, 11) is 0. The predicted molar refractivity (Wildman–Crippen MR) is 66.7 cm³/mol. The number of anilines is 2. The summed E-state index contributed by atoms with van der Waals surface area (Å²) in [5.74, 6) is 0.846. The first-order chi connectivity index (χ1) is 8.04. The van der Waals surface area contributed by atoms with Crippen molar-refractivity contribution in [2.75, 3.05) is 11.5 Å². The molecular weight excluding hydrogens is 218 g/mol. The second-order valence-corrected chi connectivity index (χ2v) is 4.59. The molecular formula is C12H19N3O2. The van der Waals surface area contributed by atoms with Crippen molar-refractivity contribution in [1.29, 1.82) is 0 Å². The molecule has 1 saturated heterocycles. The number of hydrogen-bond donors (Lipinski definition) is 2. The first-order valence-electron chi connectivity index (χ1n) is 5.88. The largest absolute Gasteiger partial charge is 0.474 e. The Balaban J connectivity index is 2.02. The molecule has 0 saturated carbocycles. The Morgan fingerprint density at radius 2 is 1.88 bits per heavy atom. The van der Waals surface area contributed by atoms with E-state index in [0.717, 1.165) is 12.8 Å². The third-order valence-electron chi connectivity index (χ3n) is 2.87. The van der Waals surface area contributed by atoms with Crippen molar-refractivity contribution in [3.8, 4) is 5.88 Å². The van der Waals surface area contributed by atoms with Gasteiger partial charge in [0.2, 0.25) is 5.88 Å². The van der Waals surface area contributed by atoms with Gasteiger partial charge in [-0.15, -0.1) is 0 Å². The summed E-state index contributed by atoms with van der Waals surface area (Å²) in [6, 6.07) is 3.46. The van der Waals surface area contributed by atoms with Gasteiger partial charge in [-0.25, -0.2) is 0 Å². The van der Waals surface area contributed by atoms with Crippen LogP contribution in [0.1, 0.15) is 26.7 Å². The van der Waals surface area contributed by atoms with Gasteiger partial charge in [-0.3, -0.25) is 0 Å². The number of aromatic nitrogens is 1. The number of pyridine rings is 1. The minimum absolute atomic E-state index is 0.129. The third-order valence-corrected chi connectivity index (χ3v) is 2.87. The summed E-state index contributed by atoms with van der Waals surface area (Å²) in [6.07, 6.45) is 2.31. The van der Waals surface area contributed by atoms with Crippen LogP contribution in [-0.4, -0.2) is 23.3 Å². The summed E-state index contributed by atoms with van der Waals surface area (Å²) in [4.78, 5) is 4.11. The SMILES string of the molecule is CC1CC(Oc2ccc(N)c(N)n2)CC(C)O1. The maximum atomic E-state index is 5.81. The van der Waals surface area contributed by atoms with Crippen molar-refractivity contribution >= 4 is 11.5 Å². The lowest BCUT2D eigenvalue weighted by atomic mass is 10.0. The van der Waals surface area contributed by atoms with Gasteiger partial charge in [0.05, 0.1) is 17.9 Å². The van der Waals surface area contributed by atoms with Gasteiger partial charge in [-0.1, -0.05) is 0 Å². The van der Waals surface area contributed by atoms with E-state index >= 15 is 0 Å². The van der Waals surface area contributed by atoms with Gasteiger partial charge >= 0.3 is 0 Å². The Kier molecular flexibility index (Phi) is 3.38. The van der Waals surface area contributed by atoms with Gasteiger partial charge in [0.25, 0.3) is 0 Å². The highest BCUT2D eigenvalue weighted by molar-refractivity contribution is 5.58. The van der Waals surface area contributed by atoms with Gasteiger partial charge in [0, 0.05) is 18.9 Å². The Morgan fingerprint density at radius 3 is 2.47 bits per heavy atom. The average Bonchev–Trinajstić information content (AvgIpc) is 2.22. The van der Waals surface area contributed by atoms with Gasteiger partial charge < -0.3 is 20.9 Å². The van der Waals surface area contributed by atoms with Crippen LogP contribution >= 0.6 is 0 Å². The minimum Gasteiger partial charge on any atom is -0.474 e. The molecule has 4 N–H and O–H groups in total. The molecule has 0 spiro atoms. The summed E-state index contributed by atoms with van der Waals surface area (Å²) < 4.78 is 11.5. The molecule has 0 aromatic carbocycles. The molecule has 2 rings (SSSR count). The minimum atomic E-state index is 0.129. The number of rotatable bonds is 2. The molecule has 5 nitrogen and oxygen atoms in total. The highest BCUT2D eigenvalue weighted by Gasteiger charge is 2.26. The van der Waals surface area contributed by atoms with Crippen molar-refractivity contribution in [3.05, 3.63) is 12.1 Å². The fraction of sp³-hybridized carbons (Fsp3) is 0.583. The Bertz CT molecular complexity index is 387. The standard InChI is InChI=1S/C12H19N3O2/c1-7-5-9(6-8(2)16-7)17-11-4-3-10(13)12(14)15-11/h3-4,7-9H,5-6,13H2,1-2H3,(H2,14,15). The fourth-order valence-electron chi connectivity index (χ4n) is 2.14. The number of ether oxygens (including phenoxy) is 2. The van der Waals surface area contributed by atoms with Crippen LogP contribution in [0.4, 0.5) is 11.5 Å². The van der Waals surface area contributed by atoms with Crippen LogP contribution in [0.2, 0.25) is 0 Å². The second-order valence-electron chi connectivity index (χ2n) is 4.59. The zero-order chi connectivity index (χ0) is 12.4. The molecule has 1 aromatic rings. The monoisotopic (exact) mass is 237 g/mol. The lowest BCUT2D eigenvalue weighted by Gasteiger charge is -2.31. The summed E-state index contributed by atoms with van der Waals surface area (Å²) in [5.41, 5.74) is 11.7. The van der Waals surface area contributed by atoms with Gasteiger partial charge in [-0.2, -0.15) is 4.98 Å². The normalized spacial score (nSPS) is 28.9. The molecule has 0 amide bonds. The number of hydrogen-bond acceptors (Lipinski definition) is 5. The lowest BCUT2D eigenvalue weighted by molar-refractivity contribution is -0.0729. The van der Waals surface area contributed by atoms with E-state index in [1.165, 1.54) is 0 Å². The maximum absolute atomic E-state index is 5.81. The molecule has 94 valence electrons. The smallest absolute Gasteiger partial charge is 0.215 e. The van der Waals surface area contributed by atoms with Gasteiger partial charge in [0.1, 0.15) is 6.10 Å². The van der Waals surface area contributed by atoms with E-state index in [9.17, 15) is 0 Å². The Labute approximate surface area is 101 Å². The predicted octanol–water partition coefficient (Wildman–Crippen LogP) is 1.58. The number of nitrogens with zero attached hydrogens (tertiary/aromatic N) is 1. The van der Waals surface area contributed by atoms with Crippen LogP contribution in [0.5, 0.6) is 5.88 Å². The van der Waals surface area contributed by atoms with Gasteiger partial charge in [0.15, 0.2) is 5.82 Å². The summed E-state index contributed by atoms with van der Waals surface area (Å²) in [5, 5.41) is 0. The molecule has 1 aromatic heterocycles. The number of nitrogen functional groups attached to an aromatic ring is 2. The average molecular weight is 237 g/mol. The van der Waals surface area contributed by atoms with Crippen molar-refractivity contribution in [2.24, 2.45) is 0 Å². The molecule has 0 bridgehead atoms. The Hall–Kier alpha value is -1.49. The molecule has 17 heavy (non-hydrogen) atoms. The zero-order valence-electron chi connectivity index (χ0n) is 10.2. The van der Waals surface area contributed by atoms with Crippen LogP contribution in [0, 0.1) is 0 Å². The van der Waals surface area contributed by atoms with E-state index < -0.39 is 0 Å². The van der Waals surface area contributed by atoms with E-state index in [4.69, 9.17) is 20.9 Å². The first-order valence-corrected chi connectivity index (χ1v) is 5.88. The van der Waals surface area contributed by atoms with E-state index in [1.54, 1.807) is 12.1 Å². The van der Waals surface area contributed by atoms with Crippen LogP contribution in [0.15, 0.2) is 12.1 Å². The van der Waals surface area contributed by atoms with E-state index in [-0.39, 0.29) is 18.3 Å². The van der Waals surface area contributed by atoms with E-state index in [1.807, 2.05) is 0 Å². The molecule has 2 heterocycles. The molecule has 0 radical (unpaired) electrons. The first kappa shape index (κ1) is 12.0. The fourth-order valence-corrected chi connectivity index (χ4v) is 2.14. The second kappa shape index (κ2) is 4.79. The topological polar surface area (TPSA) is 83.4 Å².